The Kier molecular flexibility index (Phi) is 9.65. The number of ether oxygens (including phenoxy) is 3. The van der Waals surface area contributed by atoms with Gasteiger partial charge in [-0.1, -0.05) is 23.2 Å². The van der Waals surface area contributed by atoms with E-state index in [0.717, 1.165) is 25.7 Å². The van der Waals surface area contributed by atoms with Crippen molar-refractivity contribution in [1.82, 2.24) is 20.6 Å². The lowest BCUT2D eigenvalue weighted by molar-refractivity contribution is 0.0501. The minimum absolute atomic E-state index is 0.0149. The highest BCUT2D eigenvalue weighted by molar-refractivity contribution is 6.35. The van der Waals surface area contributed by atoms with Gasteiger partial charge in [0.1, 0.15) is 5.60 Å². The summed E-state index contributed by atoms with van der Waals surface area (Å²) in [5.74, 6) is 0.903. The summed E-state index contributed by atoms with van der Waals surface area (Å²) < 4.78 is 23.2. The SMILES string of the molecule is COc1ccc(-c2nc(C(=O)NCc3c(Cl)cncc3Cl)c(C(C)NC(=O)OC(C)(C)C)o2)cc1OC1CCCC1. The predicted molar refractivity (Wildman–Crippen MR) is 155 cm³/mol. The molecule has 0 aliphatic heterocycles. The van der Waals surface area contributed by atoms with Gasteiger partial charge in [-0.2, -0.15) is 0 Å². The maximum atomic E-state index is 13.4. The van der Waals surface area contributed by atoms with Crippen LogP contribution in [0.5, 0.6) is 11.5 Å². The van der Waals surface area contributed by atoms with Gasteiger partial charge in [0.05, 0.1) is 29.3 Å². The number of aromatic nitrogens is 2. The summed E-state index contributed by atoms with van der Waals surface area (Å²) in [6, 6.07) is 4.54. The molecule has 0 spiro atoms. The van der Waals surface area contributed by atoms with Crippen LogP contribution in [0.15, 0.2) is 35.0 Å². The van der Waals surface area contributed by atoms with Crippen LogP contribution in [0.4, 0.5) is 4.79 Å². The molecule has 1 aromatic carbocycles. The van der Waals surface area contributed by atoms with Crippen molar-refractivity contribution in [1.29, 1.82) is 0 Å². The van der Waals surface area contributed by atoms with Gasteiger partial charge in [0.15, 0.2) is 23.0 Å². The third kappa shape index (κ3) is 7.83. The van der Waals surface area contributed by atoms with Gasteiger partial charge < -0.3 is 29.3 Å². The van der Waals surface area contributed by atoms with Gasteiger partial charge in [-0.25, -0.2) is 9.78 Å². The molecule has 1 saturated carbocycles. The molecule has 1 unspecified atom stereocenters. The van der Waals surface area contributed by atoms with Crippen molar-refractivity contribution in [3.05, 3.63) is 57.7 Å². The highest BCUT2D eigenvalue weighted by atomic mass is 35.5. The van der Waals surface area contributed by atoms with E-state index in [0.29, 0.717) is 32.7 Å². The van der Waals surface area contributed by atoms with Gasteiger partial charge in [-0.05, 0) is 71.6 Å². The van der Waals surface area contributed by atoms with Crippen LogP contribution in [0.3, 0.4) is 0 Å². The Morgan fingerprint density at radius 2 is 1.80 bits per heavy atom. The Morgan fingerprint density at radius 3 is 2.44 bits per heavy atom. The molecule has 1 atom stereocenters. The summed E-state index contributed by atoms with van der Waals surface area (Å²) in [6.07, 6.45) is 6.50. The number of nitrogens with one attached hydrogen (secondary N) is 2. The van der Waals surface area contributed by atoms with Crippen molar-refractivity contribution >= 4 is 35.2 Å². The van der Waals surface area contributed by atoms with Gasteiger partial charge >= 0.3 is 6.09 Å². The van der Waals surface area contributed by atoms with Gasteiger partial charge in [0.25, 0.3) is 5.91 Å². The van der Waals surface area contributed by atoms with E-state index >= 15 is 0 Å². The maximum absolute atomic E-state index is 13.4. The van der Waals surface area contributed by atoms with E-state index in [2.05, 4.69) is 20.6 Å². The van der Waals surface area contributed by atoms with Crippen LogP contribution in [0.1, 0.15) is 81.2 Å². The van der Waals surface area contributed by atoms with Crippen molar-refractivity contribution in [2.75, 3.05) is 7.11 Å². The Labute approximate surface area is 249 Å². The smallest absolute Gasteiger partial charge is 0.408 e. The first-order valence-corrected chi connectivity index (χ1v) is 14.1. The standard InChI is InChI=1S/C29H34Cl2N4O6/c1-16(34-28(37)41-29(2,3)4)25-24(26(36)33-13-19-20(30)14-32-15-21(19)31)35-27(40-25)17-10-11-22(38-5)23(12-17)39-18-8-6-7-9-18/h10-12,14-16,18H,6-9,13H2,1-5H3,(H,33,36)(H,34,37). The van der Waals surface area contributed by atoms with Crippen LogP contribution in [0, 0.1) is 0 Å². The molecule has 3 aromatic rings. The Hall–Kier alpha value is -3.50. The first-order chi connectivity index (χ1) is 19.4. The van der Waals surface area contributed by atoms with E-state index in [9.17, 15) is 9.59 Å². The second-order valence-corrected chi connectivity index (χ2v) is 11.6. The summed E-state index contributed by atoms with van der Waals surface area (Å²) in [7, 11) is 1.58. The lowest BCUT2D eigenvalue weighted by Gasteiger charge is -2.21. The number of benzene rings is 1. The van der Waals surface area contributed by atoms with Crippen molar-refractivity contribution in [3.8, 4) is 23.0 Å². The number of carbonyl (C=O) groups is 2. The van der Waals surface area contributed by atoms with Crippen LogP contribution in [0.25, 0.3) is 11.5 Å². The van der Waals surface area contributed by atoms with Gasteiger partial charge in [0.2, 0.25) is 5.89 Å². The van der Waals surface area contributed by atoms with E-state index in [1.54, 1.807) is 53.0 Å². The summed E-state index contributed by atoms with van der Waals surface area (Å²) in [5, 5.41) is 6.12. The molecule has 12 heteroatoms. The number of pyridine rings is 1. The number of alkyl carbamates (subject to hydrolysis) is 1. The summed E-state index contributed by atoms with van der Waals surface area (Å²) in [5.41, 5.74) is 0.354. The van der Waals surface area contributed by atoms with E-state index in [4.69, 9.17) is 41.8 Å². The minimum atomic E-state index is -0.757. The topological polar surface area (TPSA) is 125 Å². The highest BCUT2D eigenvalue weighted by Crippen LogP contribution is 2.36. The first kappa shape index (κ1) is 30.5. The first-order valence-electron chi connectivity index (χ1n) is 13.4. The lowest BCUT2D eigenvalue weighted by Crippen LogP contribution is -2.34. The molecule has 220 valence electrons. The monoisotopic (exact) mass is 604 g/mol. The average molecular weight is 606 g/mol. The van der Waals surface area contributed by atoms with Crippen LogP contribution in [-0.4, -0.2) is 40.8 Å². The maximum Gasteiger partial charge on any atom is 0.408 e. The summed E-state index contributed by atoms with van der Waals surface area (Å²) >= 11 is 12.4. The molecule has 2 aromatic heterocycles. The number of nitrogens with zero attached hydrogens (tertiary/aromatic N) is 2. The second-order valence-electron chi connectivity index (χ2n) is 10.8. The van der Waals surface area contributed by atoms with Crippen LogP contribution < -0.4 is 20.1 Å². The molecule has 2 amide bonds. The molecule has 0 bridgehead atoms. The minimum Gasteiger partial charge on any atom is -0.493 e. The third-order valence-corrected chi connectivity index (χ3v) is 7.03. The van der Waals surface area contributed by atoms with Gasteiger partial charge in [-0.3, -0.25) is 9.78 Å². The molecule has 41 heavy (non-hydrogen) atoms. The van der Waals surface area contributed by atoms with Crippen LogP contribution >= 0.6 is 23.2 Å². The van der Waals surface area contributed by atoms with E-state index in [-0.39, 0.29) is 30.0 Å². The van der Waals surface area contributed by atoms with Crippen LogP contribution in [0.2, 0.25) is 10.0 Å². The Balaban J connectivity index is 1.65. The zero-order valence-corrected chi connectivity index (χ0v) is 25.2. The van der Waals surface area contributed by atoms with Crippen molar-refractivity contribution < 1.29 is 28.2 Å². The zero-order valence-electron chi connectivity index (χ0n) is 23.7. The van der Waals surface area contributed by atoms with Gasteiger partial charge in [0, 0.05) is 30.1 Å². The molecule has 1 fully saturated rings. The Morgan fingerprint density at radius 1 is 1.12 bits per heavy atom. The van der Waals surface area contributed by atoms with E-state index in [1.807, 2.05) is 0 Å². The molecule has 4 rings (SSSR count). The number of hydrogen-bond acceptors (Lipinski definition) is 8. The molecule has 2 heterocycles. The fraction of sp³-hybridized carbons (Fsp3) is 0.448. The van der Waals surface area contributed by atoms with Crippen molar-refractivity contribution in [3.63, 3.8) is 0 Å². The highest BCUT2D eigenvalue weighted by Gasteiger charge is 2.28. The number of amides is 2. The molecule has 0 saturated heterocycles. The molecule has 10 nitrogen and oxygen atoms in total. The summed E-state index contributed by atoms with van der Waals surface area (Å²) in [4.78, 5) is 34.4. The number of hydrogen-bond donors (Lipinski definition) is 2. The average Bonchev–Trinajstić information content (AvgIpc) is 3.57. The van der Waals surface area contributed by atoms with E-state index < -0.39 is 23.6 Å². The number of halogens is 2. The third-order valence-electron chi connectivity index (χ3n) is 6.38. The lowest BCUT2D eigenvalue weighted by atomic mass is 10.2. The molecular formula is C29H34Cl2N4O6. The fourth-order valence-electron chi connectivity index (χ4n) is 4.41. The predicted octanol–water partition coefficient (Wildman–Crippen LogP) is 6.89. The van der Waals surface area contributed by atoms with Crippen molar-refractivity contribution in [2.45, 2.75) is 77.7 Å². The normalized spacial score (nSPS) is 14.4. The number of oxazole rings is 1. The van der Waals surface area contributed by atoms with Crippen molar-refractivity contribution in [2.24, 2.45) is 0 Å². The fourth-order valence-corrected chi connectivity index (χ4v) is 4.91. The molecule has 2 N–H and O–H groups in total. The molecular weight excluding hydrogens is 571 g/mol. The quantitative estimate of drug-likeness (QED) is 0.270. The zero-order chi connectivity index (χ0) is 29.7. The van der Waals surface area contributed by atoms with Gasteiger partial charge in [-0.15, -0.1) is 0 Å². The largest absolute Gasteiger partial charge is 0.493 e. The number of carbonyl (C=O) groups excluding carboxylic acids is 2. The van der Waals surface area contributed by atoms with Crippen LogP contribution in [-0.2, 0) is 11.3 Å². The Bertz CT molecular complexity index is 1380. The van der Waals surface area contributed by atoms with E-state index in [1.165, 1.54) is 12.4 Å². The molecule has 0 radical (unpaired) electrons. The summed E-state index contributed by atoms with van der Waals surface area (Å²) in [6.45, 7) is 6.97. The number of rotatable bonds is 9. The molecule has 1 aliphatic carbocycles. The number of methoxy groups -OCH3 is 1. The second kappa shape index (κ2) is 13.0. The molecule has 1 aliphatic rings.